The number of esters is 2. The predicted octanol–water partition coefficient (Wildman–Crippen LogP) is 5.39. The maximum Gasteiger partial charge on any atom is 0.340 e. The van der Waals surface area contributed by atoms with E-state index in [-0.39, 0.29) is 16.5 Å². The van der Waals surface area contributed by atoms with Gasteiger partial charge in [-0.25, -0.2) is 18.4 Å². The van der Waals surface area contributed by atoms with E-state index >= 15 is 0 Å². The summed E-state index contributed by atoms with van der Waals surface area (Å²) in [5, 5.41) is 0.551. The van der Waals surface area contributed by atoms with Crippen LogP contribution in [0, 0.1) is 11.6 Å². The number of halogens is 2. The number of ether oxygens (including phenoxy) is 2. The Bertz CT molecular complexity index is 1320. The minimum absolute atomic E-state index is 0.193. The second-order valence-corrected chi connectivity index (χ2v) is 6.79. The van der Waals surface area contributed by atoms with Gasteiger partial charge in [-0.3, -0.25) is 0 Å². The van der Waals surface area contributed by atoms with E-state index in [2.05, 4.69) is 26.0 Å². The number of benzene rings is 2. The van der Waals surface area contributed by atoms with Gasteiger partial charge < -0.3 is 19.4 Å². The fourth-order valence-corrected chi connectivity index (χ4v) is 3.50. The Morgan fingerprint density at radius 1 is 0.906 bits per heavy atom. The molecule has 2 N–H and O–H groups in total. The van der Waals surface area contributed by atoms with Crippen molar-refractivity contribution in [1.82, 2.24) is 9.97 Å². The van der Waals surface area contributed by atoms with Gasteiger partial charge in [-0.05, 0) is 35.7 Å². The second kappa shape index (κ2) is 9.47. The highest BCUT2D eigenvalue weighted by Crippen LogP contribution is 2.27. The SMILES string of the molecule is C=Cc1ccc(F)c2c(C(=O)OC)c[nH]c12.CCc1ccc(F)c2c(C(=O)OC)c[nH]c12. The Kier molecular flexibility index (Phi) is 6.73. The molecule has 8 heteroatoms. The van der Waals surface area contributed by atoms with Crippen LogP contribution < -0.4 is 0 Å². The van der Waals surface area contributed by atoms with Gasteiger partial charge in [0, 0.05) is 12.4 Å². The number of aromatic amines is 2. The van der Waals surface area contributed by atoms with Crippen molar-refractivity contribution in [3.63, 3.8) is 0 Å². The van der Waals surface area contributed by atoms with Crippen LogP contribution in [0.4, 0.5) is 8.78 Å². The van der Waals surface area contributed by atoms with Crippen LogP contribution in [-0.4, -0.2) is 36.1 Å². The zero-order chi connectivity index (χ0) is 23.4. The fraction of sp³-hybridized carbons (Fsp3) is 0.167. The normalized spacial score (nSPS) is 10.5. The molecule has 6 nitrogen and oxygen atoms in total. The van der Waals surface area contributed by atoms with Crippen LogP contribution in [0.25, 0.3) is 27.9 Å². The summed E-state index contributed by atoms with van der Waals surface area (Å²) in [5.41, 5.74) is 3.38. The molecule has 32 heavy (non-hydrogen) atoms. The maximum atomic E-state index is 13.7. The first kappa shape index (κ1) is 22.7. The molecule has 4 rings (SSSR count). The summed E-state index contributed by atoms with van der Waals surface area (Å²) in [4.78, 5) is 28.6. The average Bonchev–Trinajstić information content (AvgIpc) is 3.45. The van der Waals surface area contributed by atoms with Gasteiger partial charge >= 0.3 is 11.9 Å². The van der Waals surface area contributed by atoms with E-state index in [9.17, 15) is 18.4 Å². The van der Waals surface area contributed by atoms with Crippen LogP contribution in [-0.2, 0) is 15.9 Å². The number of aryl methyl sites for hydroxylation is 1. The number of carbonyl (C=O) groups is 2. The zero-order valence-corrected chi connectivity index (χ0v) is 17.8. The van der Waals surface area contributed by atoms with E-state index in [1.54, 1.807) is 18.2 Å². The second-order valence-electron chi connectivity index (χ2n) is 6.79. The van der Waals surface area contributed by atoms with Crippen molar-refractivity contribution >= 4 is 39.8 Å². The summed E-state index contributed by atoms with van der Waals surface area (Å²) in [5.74, 6) is -1.96. The van der Waals surface area contributed by atoms with Gasteiger partial charge in [-0.15, -0.1) is 0 Å². The highest BCUT2D eigenvalue weighted by molar-refractivity contribution is 6.06. The van der Waals surface area contributed by atoms with Crippen LogP contribution in [0.5, 0.6) is 0 Å². The quantitative estimate of drug-likeness (QED) is 0.417. The van der Waals surface area contributed by atoms with Gasteiger partial charge in [0.1, 0.15) is 11.6 Å². The Labute approximate surface area is 182 Å². The van der Waals surface area contributed by atoms with Crippen molar-refractivity contribution in [3.05, 3.63) is 77.1 Å². The molecule has 2 aromatic carbocycles. The lowest BCUT2D eigenvalue weighted by Gasteiger charge is -2.02. The Hall–Kier alpha value is -3.94. The molecule has 0 radical (unpaired) electrons. The predicted molar refractivity (Wildman–Crippen MR) is 119 cm³/mol. The summed E-state index contributed by atoms with van der Waals surface area (Å²) in [6.07, 6.45) is 5.29. The van der Waals surface area contributed by atoms with Gasteiger partial charge in [-0.1, -0.05) is 25.6 Å². The molecule has 0 saturated heterocycles. The minimum Gasteiger partial charge on any atom is -0.465 e. The van der Waals surface area contributed by atoms with E-state index in [1.807, 2.05) is 6.92 Å². The topological polar surface area (TPSA) is 84.2 Å². The third-order valence-corrected chi connectivity index (χ3v) is 5.10. The van der Waals surface area contributed by atoms with E-state index in [0.717, 1.165) is 17.5 Å². The van der Waals surface area contributed by atoms with E-state index in [1.165, 1.54) is 38.7 Å². The van der Waals surface area contributed by atoms with Gasteiger partial charge in [0.05, 0.1) is 47.2 Å². The number of aromatic nitrogens is 2. The molecule has 0 atom stereocenters. The monoisotopic (exact) mass is 440 g/mol. The van der Waals surface area contributed by atoms with Crippen LogP contribution in [0.3, 0.4) is 0 Å². The minimum atomic E-state index is -0.564. The molecule has 2 aromatic heterocycles. The highest BCUT2D eigenvalue weighted by Gasteiger charge is 2.18. The Morgan fingerprint density at radius 3 is 1.91 bits per heavy atom. The molecular formula is C24H22F2N2O4. The lowest BCUT2D eigenvalue weighted by atomic mass is 10.1. The van der Waals surface area contributed by atoms with Gasteiger partial charge in [-0.2, -0.15) is 0 Å². The first-order valence-corrected chi connectivity index (χ1v) is 9.74. The van der Waals surface area contributed by atoms with Crippen molar-refractivity contribution in [3.8, 4) is 0 Å². The number of fused-ring (bicyclic) bond motifs is 2. The zero-order valence-electron chi connectivity index (χ0n) is 17.8. The van der Waals surface area contributed by atoms with Crippen LogP contribution in [0.2, 0.25) is 0 Å². The third-order valence-electron chi connectivity index (χ3n) is 5.10. The summed E-state index contributed by atoms with van der Waals surface area (Å²) in [7, 11) is 2.54. The van der Waals surface area contributed by atoms with E-state index < -0.39 is 23.6 Å². The number of H-pyrrole nitrogens is 2. The number of rotatable bonds is 4. The van der Waals surface area contributed by atoms with Crippen molar-refractivity contribution in [2.45, 2.75) is 13.3 Å². The Balaban J connectivity index is 0.000000181. The van der Waals surface area contributed by atoms with Gasteiger partial charge in [0.2, 0.25) is 0 Å². The smallest absolute Gasteiger partial charge is 0.340 e. The molecule has 0 unspecified atom stereocenters. The molecule has 0 bridgehead atoms. The maximum absolute atomic E-state index is 13.7. The number of nitrogens with one attached hydrogen (secondary N) is 2. The van der Waals surface area contributed by atoms with Crippen LogP contribution >= 0.6 is 0 Å². The van der Waals surface area contributed by atoms with Crippen LogP contribution in [0.15, 0.2) is 43.2 Å². The fourth-order valence-electron chi connectivity index (χ4n) is 3.50. The number of hydrogen-bond donors (Lipinski definition) is 2. The van der Waals surface area contributed by atoms with Gasteiger partial charge in [0.15, 0.2) is 0 Å². The molecule has 0 aliphatic heterocycles. The molecule has 2 heterocycles. The Morgan fingerprint density at radius 2 is 1.41 bits per heavy atom. The molecule has 0 fully saturated rings. The first-order valence-electron chi connectivity index (χ1n) is 9.74. The summed E-state index contributed by atoms with van der Waals surface area (Å²) in [6.45, 7) is 5.60. The molecule has 0 saturated carbocycles. The number of methoxy groups -OCH3 is 2. The molecule has 0 amide bonds. The number of hydrogen-bond acceptors (Lipinski definition) is 4. The van der Waals surface area contributed by atoms with Crippen molar-refractivity contribution in [1.29, 1.82) is 0 Å². The molecule has 4 aromatic rings. The van der Waals surface area contributed by atoms with Crippen molar-refractivity contribution < 1.29 is 27.8 Å². The highest BCUT2D eigenvalue weighted by atomic mass is 19.1. The molecule has 0 aliphatic carbocycles. The molecular weight excluding hydrogens is 418 g/mol. The number of carbonyl (C=O) groups excluding carboxylic acids is 2. The van der Waals surface area contributed by atoms with Crippen molar-refractivity contribution in [2.24, 2.45) is 0 Å². The molecule has 0 aliphatic rings. The largest absolute Gasteiger partial charge is 0.465 e. The lowest BCUT2D eigenvalue weighted by molar-refractivity contribution is 0.0594. The molecule has 0 spiro atoms. The third kappa shape index (κ3) is 3.99. The van der Waals surface area contributed by atoms with Crippen molar-refractivity contribution in [2.75, 3.05) is 14.2 Å². The standard InChI is InChI=1S/C12H12FNO2.C12H10FNO2/c2*1-3-7-4-5-9(13)10-8(12(15)16-2)6-14-11(7)10/h4-6,14H,3H2,1-2H3;3-6,14H,1H2,2H3. The first-order chi connectivity index (χ1) is 15.4. The van der Waals surface area contributed by atoms with E-state index in [4.69, 9.17) is 0 Å². The summed E-state index contributed by atoms with van der Waals surface area (Å²) in [6, 6.07) is 6.00. The average molecular weight is 440 g/mol. The summed E-state index contributed by atoms with van der Waals surface area (Å²) < 4.78 is 36.5. The molecule has 166 valence electrons. The van der Waals surface area contributed by atoms with Crippen LogP contribution in [0.1, 0.15) is 38.8 Å². The lowest BCUT2D eigenvalue weighted by Crippen LogP contribution is -2.00. The van der Waals surface area contributed by atoms with E-state index in [0.29, 0.717) is 16.4 Å². The summed E-state index contributed by atoms with van der Waals surface area (Å²) >= 11 is 0. The van der Waals surface area contributed by atoms with Gasteiger partial charge in [0.25, 0.3) is 0 Å².